The molecule has 0 amide bonds. The van der Waals surface area contributed by atoms with E-state index < -0.39 is 0 Å². The summed E-state index contributed by atoms with van der Waals surface area (Å²) < 4.78 is 5.09. The molecule has 0 spiro atoms. The molecule has 3 nitrogen and oxygen atoms in total. The SMILES string of the molecule is COc1cccc(O)c1C(=O)c1ccccc1. The van der Waals surface area contributed by atoms with E-state index in [0.29, 0.717) is 11.3 Å². The average Bonchev–Trinajstić information content (AvgIpc) is 2.38. The van der Waals surface area contributed by atoms with Crippen molar-refractivity contribution in [2.45, 2.75) is 0 Å². The fourth-order valence-corrected chi connectivity index (χ4v) is 1.65. The molecule has 2 aromatic carbocycles. The number of ketones is 1. The first kappa shape index (κ1) is 11.2. The zero-order chi connectivity index (χ0) is 12.3. The molecule has 0 aliphatic carbocycles. The van der Waals surface area contributed by atoms with Gasteiger partial charge in [-0.25, -0.2) is 0 Å². The van der Waals surface area contributed by atoms with Crippen LogP contribution in [0.3, 0.4) is 0 Å². The third kappa shape index (κ3) is 2.13. The van der Waals surface area contributed by atoms with Crippen LogP contribution in [0, 0.1) is 0 Å². The van der Waals surface area contributed by atoms with Gasteiger partial charge in [0.2, 0.25) is 5.78 Å². The van der Waals surface area contributed by atoms with Gasteiger partial charge in [-0.05, 0) is 12.1 Å². The number of phenols is 1. The normalized spacial score (nSPS) is 9.94. The van der Waals surface area contributed by atoms with Gasteiger partial charge in [0.1, 0.15) is 17.1 Å². The summed E-state index contributed by atoms with van der Waals surface area (Å²) in [6.07, 6.45) is 0. The molecule has 0 heterocycles. The van der Waals surface area contributed by atoms with Crippen molar-refractivity contribution in [3.05, 3.63) is 59.7 Å². The van der Waals surface area contributed by atoms with Gasteiger partial charge < -0.3 is 9.84 Å². The lowest BCUT2D eigenvalue weighted by Crippen LogP contribution is -2.04. The molecule has 0 saturated carbocycles. The van der Waals surface area contributed by atoms with Crippen LogP contribution < -0.4 is 4.74 Å². The highest BCUT2D eigenvalue weighted by Gasteiger charge is 2.18. The number of phenolic OH excluding ortho intramolecular Hbond substituents is 1. The second kappa shape index (κ2) is 4.70. The largest absolute Gasteiger partial charge is 0.507 e. The van der Waals surface area contributed by atoms with E-state index in [-0.39, 0.29) is 17.1 Å². The van der Waals surface area contributed by atoms with Gasteiger partial charge in [-0.15, -0.1) is 0 Å². The summed E-state index contributed by atoms with van der Waals surface area (Å²) in [6.45, 7) is 0. The van der Waals surface area contributed by atoms with E-state index in [1.54, 1.807) is 36.4 Å². The van der Waals surface area contributed by atoms with E-state index >= 15 is 0 Å². The molecule has 0 aliphatic heterocycles. The van der Waals surface area contributed by atoms with Crippen LogP contribution in [0.2, 0.25) is 0 Å². The van der Waals surface area contributed by atoms with Gasteiger partial charge in [0.15, 0.2) is 0 Å². The standard InChI is InChI=1S/C14H12O3/c1-17-12-9-5-8-11(15)13(12)14(16)10-6-3-2-4-7-10/h2-9,15H,1H3. The predicted molar refractivity (Wildman–Crippen MR) is 64.5 cm³/mol. The number of methoxy groups -OCH3 is 1. The average molecular weight is 228 g/mol. The van der Waals surface area contributed by atoms with E-state index in [1.807, 2.05) is 6.07 Å². The zero-order valence-electron chi connectivity index (χ0n) is 9.38. The highest BCUT2D eigenvalue weighted by Crippen LogP contribution is 2.29. The molecule has 0 atom stereocenters. The molecule has 3 heteroatoms. The first-order valence-corrected chi connectivity index (χ1v) is 5.19. The van der Waals surface area contributed by atoms with Crippen molar-refractivity contribution in [1.29, 1.82) is 0 Å². The Morgan fingerprint density at radius 3 is 2.41 bits per heavy atom. The van der Waals surface area contributed by atoms with Crippen molar-refractivity contribution in [2.24, 2.45) is 0 Å². The summed E-state index contributed by atoms with van der Waals surface area (Å²) in [6, 6.07) is 13.5. The number of carbonyl (C=O) groups is 1. The highest BCUT2D eigenvalue weighted by atomic mass is 16.5. The molecular formula is C14H12O3. The summed E-state index contributed by atoms with van der Waals surface area (Å²) in [5.74, 6) is 0.0533. The molecule has 0 bridgehead atoms. The lowest BCUT2D eigenvalue weighted by Gasteiger charge is -2.09. The van der Waals surface area contributed by atoms with Crippen molar-refractivity contribution in [2.75, 3.05) is 7.11 Å². The van der Waals surface area contributed by atoms with Crippen LogP contribution in [-0.4, -0.2) is 18.0 Å². The van der Waals surface area contributed by atoms with Crippen LogP contribution >= 0.6 is 0 Å². The third-order valence-electron chi connectivity index (χ3n) is 2.49. The quantitative estimate of drug-likeness (QED) is 0.821. The molecule has 0 aromatic heterocycles. The molecule has 86 valence electrons. The second-order valence-corrected chi connectivity index (χ2v) is 3.55. The second-order valence-electron chi connectivity index (χ2n) is 3.55. The van der Waals surface area contributed by atoms with Crippen LogP contribution in [0.15, 0.2) is 48.5 Å². The van der Waals surface area contributed by atoms with Gasteiger partial charge in [0, 0.05) is 5.56 Å². The fraction of sp³-hybridized carbons (Fsp3) is 0.0714. The summed E-state index contributed by atoms with van der Waals surface area (Å²) in [5.41, 5.74) is 0.716. The Hall–Kier alpha value is -2.29. The molecule has 0 fully saturated rings. The molecule has 2 rings (SSSR count). The maximum Gasteiger partial charge on any atom is 0.200 e. The number of ether oxygens (including phenoxy) is 1. The maximum absolute atomic E-state index is 12.2. The minimum absolute atomic E-state index is 0.0711. The first-order valence-electron chi connectivity index (χ1n) is 5.19. The highest BCUT2D eigenvalue weighted by molar-refractivity contribution is 6.12. The van der Waals surface area contributed by atoms with Crippen molar-refractivity contribution in [3.8, 4) is 11.5 Å². The minimum Gasteiger partial charge on any atom is -0.507 e. The molecule has 0 unspecified atom stereocenters. The van der Waals surface area contributed by atoms with E-state index in [4.69, 9.17) is 4.74 Å². The first-order chi connectivity index (χ1) is 8.24. The molecule has 0 radical (unpaired) electrons. The summed E-state index contributed by atoms with van der Waals surface area (Å²) in [7, 11) is 1.47. The Balaban J connectivity index is 2.51. The van der Waals surface area contributed by atoms with Gasteiger partial charge in [0.25, 0.3) is 0 Å². The number of hydrogen-bond donors (Lipinski definition) is 1. The van der Waals surface area contributed by atoms with Crippen molar-refractivity contribution in [1.82, 2.24) is 0 Å². The predicted octanol–water partition coefficient (Wildman–Crippen LogP) is 2.63. The molecule has 2 aromatic rings. The number of carbonyl (C=O) groups excluding carboxylic acids is 1. The zero-order valence-corrected chi connectivity index (χ0v) is 9.38. The van der Waals surface area contributed by atoms with E-state index in [9.17, 15) is 9.90 Å². The Morgan fingerprint density at radius 2 is 1.76 bits per heavy atom. The third-order valence-corrected chi connectivity index (χ3v) is 2.49. The molecule has 0 saturated heterocycles. The maximum atomic E-state index is 12.2. The Labute approximate surface area is 99.3 Å². The molecule has 17 heavy (non-hydrogen) atoms. The van der Waals surface area contributed by atoms with Crippen LogP contribution in [-0.2, 0) is 0 Å². The minimum atomic E-state index is -0.249. The topological polar surface area (TPSA) is 46.5 Å². The van der Waals surface area contributed by atoms with Crippen molar-refractivity contribution < 1.29 is 14.6 Å². The summed E-state index contributed by atoms with van der Waals surface area (Å²) in [4.78, 5) is 12.2. The van der Waals surface area contributed by atoms with Crippen LogP contribution in [0.5, 0.6) is 11.5 Å². The number of benzene rings is 2. The van der Waals surface area contributed by atoms with Crippen molar-refractivity contribution >= 4 is 5.78 Å². The monoisotopic (exact) mass is 228 g/mol. The Morgan fingerprint density at radius 1 is 1.06 bits per heavy atom. The molecule has 0 aliphatic rings. The number of aromatic hydroxyl groups is 1. The summed E-state index contributed by atoms with van der Waals surface area (Å²) >= 11 is 0. The van der Waals surface area contributed by atoms with Gasteiger partial charge in [-0.2, -0.15) is 0 Å². The van der Waals surface area contributed by atoms with Crippen LogP contribution in [0.4, 0.5) is 0 Å². The molecule has 1 N–H and O–H groups in total. The fourth-order valence-electron chi connectivity index (χ4n) is 1.65. The Bertz CT molecular complexity index is 532. The van der Waals surface area contributed by atoms with Crippen molar-refractivity contribution in [3.63, 3.8) is 0 Å². The van der Waals surface area contributed by atoms with Gasteiger partial charge in [-0.1, -0.05) is 36.4 Å². The van der Waals surface area contributed by atoms with Crippen LogP contribution in [0.25, 0.3) is 0 Å². The Kier molecular flexibility index (Phi) is 3.10. The van der Waals surface area contributed by atoms with E-state index in [0.717, 1.165) is 0 Å². The smallest absolute Gasteiger partial charge is 0.200 e. The van der Waals surface area contributed by atoms with Gasteiger partial charge in [0.05, 0.1) is 7.11 Å². The number of rotatable bonds is 3. The molecular weight excluding hydrogens is 216 g/mol. The van der Waals surface area contributed by atoms with Gasteiger partial charge in [-0.3, -0.25) is 4.79 Å². The van der Waals surface area contributed by atoms with Gasteiger partial charge >= 0.3 is 0 Å². The van der Waals surface area contributed by atoms with E-state index in [2.05, 4.69) is 0 Å². The number of hydrogen-bond acceptors (Lipinski definition) is 3. The lowest BCUT2D eigenvalue weighted by atomic mass is 10.0. The van der Waals surface area contributed by atoms with E-state index in [1.165, 1.54) is 13.2 Å². The lowest BCUT2D eigenvalue weighted by molar-refractivity contribution is 0.103. The van der Waals surface area contributed by atoms with Crippen LogP contribution in [0.1, 0.15) is 15.9 Å². The summed E-state index contributed by atoms with van der Waals surface area (Å²) in [5, 5.41) is 9.75.